The first-order chi connectivity index (χ1) is 15.0. The molecular formula is C24H25FN2O4. The van der Waals surface area contributed by atoms with Crippen LogP contribution >= 0.6 is 0 Å². The minimum absolute atomic E-state index is 0.0819. The van der Waals surface area contributed by atoms with Gasteiger partial charge in [-0.25, -0.2) is 9.37 Å². The van der Waals surface area contributed by atoms with Crippen LogP contribution in [0.2, 0.25) is 0 Å². The second kappa shape index (κ2) is 11.1. The molecule has 1 heterocycles. The fourth-order valence-corrected chi connectivity index (χ4v) is 2.95. The van der Waals surface area contributed by atoms with Crippen LogP contribution in [0.25, 0.3) is 11.3 Å². The van der Waals surface area contributed by atoms with Crippen LogP contribution < -0.4 is 5.32 Å². The summed E-state index contributed by atoms with van der Waals surface area (Å²) in [6.45, 7) is 2.38. The summed E-state index contributed by atoms with van der Waals surface area (Å²) in [7, 11) is 0. The average Bonchev–Trinajstić information content (AvgIpc) is 3.24. The monoisotopic (exact) mass is 424 g/mol. The lowest BCUT2D eigenvalue weighted by Gasteiger charge is -2.07. The van der Waals surface area contributed by atoms with Crippen molar-refractivity contribution in [2.24, 2.45) is 0 Å². The van der Waals surface area contributed by atoms with Crippen LogP contribution in [0.15, 0.2) is 59.1 Å². The number of aromatic nitrogens is 1. The number of nitrogens with zero attached hydrogens (tertiary/aromatic N) is 1. The van der Waals surface area contributed by atoms with Gasteiger partial charge in [0.1, 0.15) is 12.4 Å². The third kappa shape index (κ3) is 7.06. The molecule has 6 nitrogen and oxygen atoms in total. The Kier molecular flexibility index (Phi) is 7.92. The summed E-state index contributed by atoms with van der Waals surface area (Å²) in [4.78, 5) is 27.8. The van der Waals surface area contributed by atoms with Crippen molar-refractivity contribution in [3.63, 3.8) is 0 Å². The number of aryl methyl sites for hydroxylation is 3. The number of hydrogen-bond acceptors (Lipinski definition) is 5. The molecule has 0 aliphatic heterocycles. The van der Waals surface area contributed by atoms with Crippen molar-refractivity contribution in [2.75, 3.05) is 13.2 Å². The molecule has 0 saturated carbocycles. The van der Waals surface area contributed by atoms with Crippen molar-refractivity contribution < 1.29 is 23.1 Å². The molecule has 1 aromatic heterocycles. The van der Waals surface area contributed by atoms with Gasteiger partial charge in [-0.15, -0.1) is 0 Å². The lowest BCUT2D eigenvalue weighted by atomic mass is 10.1. The summed E-state index contributed by atoms with van der Waals surface area (Å²) >= 11 is 0. The van der Waals surface area contributed by atoms with Crippen molar-refractivity contribution in [3.8, 4) is 11.3 Å². The Morgan fingerprint density at radius 1 is 1.06 bits per heavy atom. The molecule has 0 atom stereocenters. The van der Waals surface area contributed by atoms with Crippen molar-refractivity contribution in [1.29, 1.82) is 0 Å². The number of nitrogens with one attached hydrogen (secondary N) is 1. The van der Waals surface area contributed by atoms with Crippen molar-refractivity contribution in [3.05, 3.63) is 77.6 Å². The number of amides is 1. The van der Waals surface area contributed by atoms with Gasteiger partial charge in [0.15, 0.2) is 11.7 Å². The second-order valence-corrected chi connectivity index (χ2v) is 7.15. The van der Waals surface area contributed by atoms with Gasteiger partial charge < -0.3 is 14.5 Å². The van der Waals surface area contributed by atoms with Gasteiger partial charge in [-0.1, -0.05) is 42.0 Å². The zero-order valence-corrected chi connectivity index (χ0v) is 17.4. The Balaban J connectivity index is 1.30. The van der Waals surface area contributed by atoms with E-state index in [1.807, 2.05) is 31.2 Å². The molecule has 0 unspecified atom stereocenters. The minimum Gasteiger partial charge on any atom is -0.464 e. The van der Waals surface area contributed by atoms with E-state index in [-0.39, 0.29) is 31.9 Å². The molecule has 0 fully saturated rings. The van der Waals surface area contributed by atoms with Crippen LogP contribution in [-0.4, -0.2) is 30.0 Å². The highest BCUT2D eigenvalue weighted by Gasteiger charge is 2.12. The Hall–Kier alpha value is -3.48. The maximum Gasteiger partial charge on any atom is 0.306 e. The summed E-state index contributed by atoms with van der Waals surface area (Å²) in [5, 5.41) is 2.74. The fourth-order valence-electron chi connectivity index (χ4n) is 2.95. The van der Waals surface area contributed by atoms with E-state index in [4.69, 9.17) is 9.15 Å². The van der Waals surface area contributed by atoms with Crippen molar-refractivity contribution >= 4 is 11.9 Å². The Bertz CT molecular complexity index is 1010. The molecule has 2 aromatic carbocycles. The van der Waals surface area contributed by atoms with Gasteiger partial charge >= 0.3 is 5.97 Å². The van der Waals surface area contributed by atoms with Crippen LogP contribution in [-0.2, 0) is 27.2 Å². The van der Waals surface area contributed by atoms with E-state index in [0.29, 0.717) is 30.1 Å². The fraction of sp³-hybridized carbons (Fsp3) is 0.292. The van der Waals surface area contributed by atoms with Crippen LogP contribution in [0.3, 0.4) is 0 Å². The number of carbonyl (C=O) groups excluding carboxylic acids is 2. The summed E-state index contributed by atoms with van der Waals surface area (Å²) < 4.78 is 24.4. The highest BCUT2D eigenvalue weighted by molar-refractivity contribution is 5.76. The molecule has 0 spiro atoms. The quantitative estimate of drug-likeness (QED) is 0.393. The van der Waals surface area contributed by atoms with Gasteiger partial charge in [0, 0.05) is 12.8 Å². The maximum atomic E-state index is 13.8. The molecule has 0 aliphatic carbocycles. The molecule has 1 N–H and O–H groups in total. The number of oxazole rings is 1. The second-order valence-electron chi connectivity index (χ2n) is 7.15. The molecule has 0 bridgehead atoms. The lowest BCUT2D eigenvalue weighted by Crippen LogP contribution is -2.28. The number of halogens is 1. The van der Waals surface area contributed by atoms with Crippen LogP contribution in [0.1, 0.15) is 29.9 Å². The number of rotatable bonds is 10. The van der Waals surface area contributed by atoms with Gasteiger partial charge in [-0.3, -0.25) is 9.59 Å². The van der Waals surface area contributed by atoms with E-state index in [1.165, 1.54) is 17.8 Å². The van der Waals surface area contributed by atoms with Gasteiger partial charge in [-0.2, -0.15) is 0 Å². The molecule has 7 heteroatoms. The zero-order chi connectivity index (χ0) is 22.1. The van der Waals surface area contributed by atoms with Crippen LogP contribution in [0, 0.1) is 12.7 Å². The van der Waals surface area contributed by atoms with Gasteiger partial charge in [0.2, 0.25) is 5.91 Å². The van der Waals surface area contributed by atoms with E-state index >= 15 is 0 Å². The third-order valence-corrected chi connectivity index (χ3v) is 4.68. The molecule has 3 rings (SSSR count). The van der Waals surface area contributed by atoms with Crippen LogP contribution in [0.5, 0.6) is 0 Å². The van der Waals surface area contributed by atoms with E-state index in [2.05, 4.69) is 10.3 Å². The predicted molar refractivity (Wildman–Crippen MR) is 114 cm³/mol. The normalized spacial score (nSPS) is 10.6. The highest BCUT2D eigenvalue weighted by Crippen LogP contribution is 2.23. The Labute approximate surface area is 180 Å². The molecule has 1 amide bonds. The third-order valence-electron chi connectivity index (χ3n) is 4.68. The van der Waals surface area contributed by atoms with E-state index in [1.54, 1.807) is 18.2 Å². The number of hydrogen-bond donors (Lipinski definition) is 1. The molecule has 0 radical (unpaired) electrons. The largest absolute Gasteiger partial charge is 0.464 e. The van der Waals surface area contributed by atoms with Crippen molar-refractivity contribution in [1.82, 2.24) is 10.3 Å². The Morgan fingerprint density at radius 3 is 2.61 bits per heavy atom. The number of esters is 1. The SMILES string of the molecule is Cc1ccc(CCC(=O)NCCOC(=O)CCc2ncc(-c3ccccc3F)o2)cc1. The van der Waals surface area contributed by atoms with Gasteiger partial charge in [0.05, 0.1) is 24.7 Å². The smallest absolute Gasteiger partial charge is 0.306 e. The Morgan fingerprint density at radius 2 is 1.84 bits per heavy atom. The summed E-state index contributed by atoms with van der Waals surface area (Å²) in [5.74, 6) is -0.253. The average molecular weight is 424 g/mol. The lowest BCUT2D eigenvalue weighted by molar-refractivity contribution is -0.144. The predicted octanol–water partition coefficient (Wildman–Crippen LogP) is 4.01. The highest BCUT2D eigenvalue weighted by atomic mass is 19.1. The molecule has 162 valence electrons. The van der Waals surface area contributed by atoms with Crippen LogP contribution in [0.4, 0.5) is 4.39 Å². The molecule has 0 aliphatic rings. The van der Waals surface area contributed by atoms with Gasteiger partial charge in [-0.05, 0) is 31.0 Å². The first-order valence-corrected chi connectivity index (χ1v) is 10.2. The molecule has 31 heavy (non-hydrogen) atoms. The maximum absolute atomic E-state index is 13.8. The summed E-state index contributed by atoms with van der Waals surface area (Å²) in [6.07, 6.45) is 2.81. The van der Waals surface area contributed by atoms with E-state index < -0.39 is 11.8 Å². The van der Waals surface area contributed by atoms with Gasteiger partial charge in [0.25, 0.3) is 0 Å². The van der Waals surface area contributed by atoms with E-state index in [9.17, 15) is 14.0 Å². The first kappa shape index (κ1) is 22.2. The number of ether oxygens (including phenoxy) is 1. The summed E-state index contributed by atoms with van der Waals surface area (Å²) in [6, 6.07) is 14.3. The standard InChI is InChI=1S/C24H25FN2O4/c1-17-6-8-18(9-7-17)10-11-22(28)26-14-15-30-24(29)13-12-23-27-16-21(31-23)19-4-2-3-5-20(19)25/h2-9,16H,10-15H2,1H3,(H,26,28). The zero-order valence-electron chi connectivity index (χ0n) is 17.4. The number of carbonyl (C=O) groups is 2. The molecule has 0 saturated heterocycles. The van der Waals surface area contributed by atoms with E-state index in [0.717, 1.165) is 5.56 Å². The summed E-state index contributed by atoms with van der Waals surface area (Å²) in [5.41, 5.74) is 2.61. The first-order valence-electron chi connectivity index (χ1n) is 10.2. The number of benzene rings is 2. The minimum atomic E-state index is -0.417. The topological polar surface area (TPSA) is 81.4 Å². The molecule has 3 aromatic rings. The van der Waals surface area contributed by atoms with Crippen molar-refractivity contribution in [2.45, 2.75) is 32.6 Å². The molecular weight excluding hydrogens is 399 g/mol.